The molecule has 2 aliphatic rings. The number of aromatic hydroxyl groups is 1. The zero-order chi connectivity index (χ0) is 19.3. The van der Waals surface area contributed by atoms with Crippen LogP contribution in [-0.4, -0.2) is 54.6 Å². The first-order chi connectivity index (χ1) is 13.7. The second-order valence-corrected chi connectivity index (χ2v) is 7.10. The predicted molar refractivity (Wildman–Crippen MR) is 111 cm³/mol. The molecule has 28 heavy (non-hydrogen) atoms. The fraction of sp³-hybridized carbons (Fsp3) is 0.450. The zero-order valence-electron chi connectivity index (χ0n) is 16.1. The minimum atomic E-state index is 0.105. The van der Waals surface area contributed by atoms with Gasteiger partial charge >= 0.3 is 0 Å². The van der Waals surface area contributed by atoms with Gasteiger partial charge in [0.2, 0.25) is 5.95 Å². The Labute approximate surface area is 164 Å². The summed E-state index contributed by atoms with van der Waals surface area (Å²) in [6, 6.07) is 7.04. The van der Waals surface area contributed by atoms with Crippen LogP contribution in [0.25, 0.3) is 0 Å². The van der Waals surface area contributed by atoms with E-state index in [1.54, 1.807) is 24.4 Å². The van der Waals surface area contributed by atoms with Crippen LogP contribution in [-0.2, 0) is 0 Å². The minimum absolute atomic E-state index is 0.105. The number of hydrogen-bond acceptors (Lipinski definition) is 8. The third kappa shape index (κ3) is 4.11. The van der Waals surface area contributed by atoms with E-state index >= 15 is 0 Å². The molecule has 0 spiro atoms. The summed E-state index contributed by atoms with van der Waals surface area (Å²) in [7, 11) is 1.52. The topological polar surface area (TPSA) is 86.1 Å². The van der Waals surface area contributed by atoms with Crippen LogP contribution < -0.4 is 20.0 Å². The molecule has 4 rings (SSSR count). The van der Waals surface area contributed by atoms with Crippen LogP contribution >= 0.6 is 0 Å². The molecule has 0 saturated carbocycles. The Balaban J connectivity index is 1.54. The van der Waals surface area contributed by atoms with Gasteiger partial charge in [-0.05, 0) is 49.4 Å². The average Bonchev–Trinajstić information content (AvgIpc) is 3.43. The second-order valence-electron chi connectivity index (χ2n) is 7.10. The van der Waals surface area contributed by atoms with Crippen molar-refractivity contribution in [3.63, 3.8) is 0 Å². The maximum Gasteiger partial charge on any atom is 0.229 e. The number of ether oxygens (including phenoxy) is 1. The Morgan fingerprint density at radius 3 is 2.46 bits per heavy atom. The molecule has 2 aromatic rings. The number of methoxy groups -OCH3 is 1. The summed E-state index contributed by atoms with van der Waals surface area (Å²) in [5.74, 6) is 2.93. The monoisotopic (exact) mass is 382 g/mol. The molecule has 0 aliphatic carbocycles. The van der Waals surface area contributed by atoms with E-state index in [2.05, 4.69) is 25.3 Å². The van der Waals surface area contributed by atoms with Gasteiger partial charge < -0.3 is 19.6 Å². The smallest absolute Gasteiger partial charge is 0.229 e. The summed E-state index contributed by atoms with van der Waals surface area (Å²) >= 11 is 0. The summed E-state index contributed by atoms with van der Waals surface area (Å²) < 4.78 is 5.13. The normalized spacial score (nSPS) is 16.9. The maximum absolute atomic E-state index is 9.70. The van der Waals surface area contributed by atoms with Crippen LogP contribution in [0.3, 0.4) is 0 Å². The lowest BCUT2D eigenvalue weighted by Gasteiger charge is -2.21. The number of anilines is 3. The highest BCUT2D eigenvalue weighted by Gasteiger charge is 2.20. The second kappa shape index (κ2) is 8.33. The molecule has 1 aromatic heterocycles. The highest BCUT2D eigenvalue weighted by molar-refractivity contribution is 5.81. The molecule has 8 heteroatoms. The van der Waals surface area contributed by atoms with Crippen LogP contribution in [0.15, 0.2) is 29.4 Å². The van der Waals surface area contributed by atoms with Gasteiger partial charge in [-0.1, -0.05) is 0 Å². The molecular formula is C20H26N6O2. The number of phenolic OH excluding ortho intramolecular Hbond substituents is 1. The van der Waals surface area contributed by atoms with Crippen LogP contribution in [0.2, 0.25) is 0 Å². The number of hydrazone groups is 1. The van der Waals surface area contributed by atoms with Gasteiger partial charge in [-0.15, -0.1) is 0 Å². The van der Waals surface area contributed by atoms with E-state index in [1.165, 1.54) is 32.8 Å². The van der Waals surface area contributed by atoms with Crippen molar-refractivity contribution in [2.24, 2.45) is 5.10 Å². The van der Waals surface area contributed by atoms with E-state index in [1.807, 2.05) is 6.07 Å². The van der Waals surface area contributed by atoms with Gasteiger partial charge in [-0.3, -0.25) is 5.43 Å². The molecule has 2 aliphatic heterocycles. The Morgan fingerprint density at radius 1 is 1.04 bits per heavy atom. The van der Waals surface area contributed by atoms with Crippen LogP contribution in [0.1, 0.15) is 31.2 Å². The Kier molecular flexibility index (Phi) is 5.45. The number of phenols is 1. The SMILES string of the molecule is COc1cc(/C=N\Nc2cc(N3CCCC3)nc(N3CCCC3)n2)ccc1O. The van der Waals surface area contributed by atoms with E-state index in [9.17, 15) is 5.11 Å². The standard InChI is InChI=1S/C20H26N6O2/c1-28-17-12-15(6-7-16(17)27)14-21-24-18-13-19(25-8-2-3-9-25)23-20(22-18)26-10-4-5-11-26/h6-7,12-14,27H,2-5,8-11H2,1H3,(H,22,23,24)/b21-14-. The van der Waals surface area contributed by atoms with Gasteiger partial charge in [0.15, 0.2) is 17.3 Å². The van der Waals surface area contributed by atoms with E-state index in [0.717, 1.165) is 43.5 Å². The highest BCUT2D eigenvalue weighted by Crippen LogP contribution is 2.27. The molecular weight excluding hydrogens is 356 g/mol. The first-order valence-corrected chi connectivity index (χ1v) is 9.78. The van der Waals surface area contributed by atoms with Crippen LogP contribution in [0.4, 0.5) is 17.6 Å². The van der Waals surface area contributed by atoms with Gasteiger partial charge in [0.05, 0.1) is 13.3 Å². The van der Waals surface area contributed by atoms with Gasteiger partial charge in [-0.25, -0.2) is 0 Å². The lowest BCUT2D eigenvalue weighted by molar-refractivity contribution is 0.373. The molecule has 0 amide bonds. The fourth-order valence-electron chi connectivity index (χ4n) is 3.59. The summed E-state index contributed by atoms with van der Waals surface area (Å²) in [6.45, 7) is 4.07. The van der Waals surface area contributed by atoms with Crippen LogP contribution in [0.5, 0.6) is 11.5 Å². The van der Waals surface area contributed by atoms with Crippen molar-refractivity contribution in [3.05, 3.63) is 29.8 Å². The van der Waals surface area contributed by atoms with Gasteiger partial charge in [-0.2, -0.15) is 15.1 Å². The maximum atomic E-state index is 9.70. The molecule has 0 radical (unpaired) electrons. The van der Waals surface area contributed by atoms with Crippen molar-refractivity contribution in [3.8, 4) is 11.5 Å². The molecule has 2 saturated heterocycles. The van der Waals surface area contributed by atoms with E-state index in [4.69, 9.17) is 9.72 Å². The lowest BCUT2D eigenvalue weighted by Crippen LogP contribution is -2.24. The van der Waals surface area contributed by atoms with Crippen LogP contribution in [0, 0.1) is 0 Å². The number of benzene rings is 1. The van der Waals surface area contributed by atoms with Gasteiger partial charge in [0, 0.05) is 32.2 Å². The lowest BCUT2D eigenvalue weighted by atomic mass is 10.2. The molecule has 3 heterocycles. The summed E-state index contributed by atoms with van der Waals surface area (Å²) in [5.41, 5.74) is 3.85. The van der Waals surface area contributed by atoms with Crippen molar-refractivity contribution in [2.45, 2.75) is 25.7 Å². The molecule has 8 nitrogen and oxygen atoms in total. The third-order valence-electron chi connectivity index (χ3n) is 5.12. The minimum Gasteiger partial charge on any atom is -0.504 e. The van der Waals surface area contributed by atoms with Crippen molar-refractivity contribution in [1.29, 1.82) is 0 Å². The van der Waals surface area contributed by atoms with Crippen molar-refractivity contribution in [1.82, 2.24) is 9.97 Å². The first kappa shape index (κ1) is 18.3. The number of nitrogens with zero attached hydrogens (tertiary/aromatic N) is 5. The molecule has 2 fully saturated rings. The molecule has 0 unspecified atom stereocenters. The van der Waals surface area contributed by atoms with Gasteiger partial charge in [0.25, 0.3) is 0 Å². The predicted octanol–water partition coefficient (Wildman–Crippen LogP) is 2.84. The van der Waals surface area contributed by atoms with Crippen molar-refractivity contribution >= 4 is 23.8 Å². The summed E-state index contributed by atoms with van der Waals surface area (Å²) in [6.07, 6.45) is 6.44. The number of hydrogen-bond donors (Lipinski definition) is 2. The number of rotatable bonds is 6. The Bertz CT molecular complexity index is 810. The molecule has 148 valence electrons. The average molecular weight is 382 g/mol. The van der Waals surface area contributed by atoms with Crippen molar-refractivity contribution < 1.29 is 9.84 Å². The Hall–Kier alpha value is -3.03. The van der Waals surface area contributed by atoms with E-state index in [-0.39, 0.29) is 5.75 Å². The quantitative estimate of drug-likeness (QED) is 0.587. The van der Waals surface area contributed by atoms with E-state index in [0.29, 0.717) is 11.6 Å². The summed E-state index contributed by atoms with van der Waals surface area (Å²) in [5, 5.41) is 14.0. The third-order valence-corrected chi connectivity index (χ3v) is 5.12. The molecule has 0 bridgehead atoms. The number of nitrogens with one attached hydrogen (secondary N) is 1. The molecule has 0 atom stereocenters. The highest BCUT2D eigenvalue weighted by atomic mass is 16.5. The van der Waals surface area contributed by atoms with Crippen molar-refractivity contribution in [2.75, 3.05) is 48.5 Å². The fourth-order valence-corrected chi connectivity index (χ4v) is 3.59. The molecule has 2 N–H and O–H groups in total. The first-order valence-electron chi connectivity index (χ1n) is 9.78. The largest absolute Gasteiger partial charge is 0.504 e. The zero-order valence-corrected chi connectivity index (χ0v) is 16.1. The molecule has 1 aromatic carbocycles. The van der Waals surface area contributed by atoms with Gasteiger partial charge in [0.1, 0.15) is 5.82 Å². The Morgan fingerprint density at radius 2 is 1.75 bits per heavy atom. The van der Waals surface area contributed by atoms with E-state index < -0.39 is 0 Å². The summed E-state index contributed by atoms with van der Waals surface area (Å²) in [4.78, 5) is 14.0. The number of aromatic nitrogens is 2.